The van der Waals surface area contributed by atoms with Gasteiger partial charge in [0.1, 0.15) is 12.9 Å². The molecule has 0 bridgehead atoms. The van der Waals surface area contributed by atoms with Gasteiger partial charge in [-0.1, -0.05) is 6.92 Å². The molecule has 2 aromatic rings. The van der Waals surface area contributed by atoms with E-state index in [0.29, 0.717) is 0 Å². The predicted octanol–water partition coefficient (Wildman–Crippen LogP) is 0.0364. The molecule has 1 fully saturated rings. The summed E-state index contributed by atoms with van der Waals surface area (Å²) in [7, 11) is 0. The van der Waals surface area contributed by atoms with Crippen LogP contribution in [0, 0.1) is 0 Å². The van der Waals surface area contributed by atoms with Gasteiger partial charge in [-0.15, -0.1) is 16.4 Å². The van der Waals surface area contributed by atoms with Crippen molar-refractivity contribution in [2.45, 2.75) is 26.4 Å². The van der Waals surface area contributed by atoms with Crippen LogP contribution in [-0.2, 0) is 24.3 Å². The van der Waals surface area contributed by atoms with Gasteiger partial charge in [0, 0.05) is 38.1 Å². The third kappa shape index (κ3) is 3.66. The lowest BCUT2D eigenvalue weighted by atomic mass is 10.3. The van der Waals surface area contributed by atoms with Gasteiger partial charge in [-0.05, 0) is 16.8 Å². The van der Waals surface area contributed by atoms with Gasteiger partial charge in [-0.3, -0.25) is 9.69 Å². The smallest absolute Gasteiger partial charge is 0.244 e. The molecule has 0 N–H and O–H groups in total. The van der Waals surface area contributed by atoms with Gasteiger partial charge in [-0.25, -0.2) is 9.67 Å². The normalized spacial score (nSPS) is 16.1. The molecule has 1 saturated heterocycles. The molecule has 0 aliphatic carbocycles. The second kappa shape index (κ2) is 6.93. The number of hydrogen-bond acceptors (Lipinski definition) is 7. The summed E-state index contributed by atoms with van der Waals surface area (Å²) in [5, 5.41) is 14.1. The first-order valence-electron chi connectivity index (χ1n) is 7.38. The number of thiazole rings is 1. The average molecular weight is 321 g/mol. The summed E-state index contributed by atoms with van der Waals surface area (Å²) in [5.74, 6) is 0.0638. The third-order valence-electron chi connectivity index (χ3n) is 3.70. The number of amides is 1. The highest BCUT2D eigenvalue weighted by Gasteiger charge is 2.22. The van der Waals surface area contributed by atoms with Crippen LogP contribution in [0.2, 0.25) is 0 Å². The molecule has 0 spiro atoms. The van der Waals surface area contributed by atoms with E-state index in [2.05, 4.69) is 37.7 Å². The van der Waals surface area contributed by atoms with Gasteiger partial charge in [0.2, 0.25) is 5.91 Å². The van der Waals surface area contributed by atoms with E-state index in [1.54, 1.807) is 11.3 Å². The van der Waals surface area contributed by atoms with Crippen LogP contribution in [0.3, 0.4) is 0 Å². The molecule has 8 nitrogen and oxygen atoms in total. The fraction of sp³-hybridized carbons (Fsp3) is 0.615. The van der Waals surface area contributed by atoms with Crippen molar-refractivity contribution in [2.24, 2.45) is 0 Å². The van der Waals surface area contributed by atoms with E-state index in [1.807, 2.05) is 4.90 Å². The monoisotopic (exact) mass is 321 g/mol. The fourth-order valence-corrected chi connectivity index (χ4v) is 3.20. The average Bonchev–Trinajstić information content (AvgIpc) is 3.19. The van der Waals surface area contributed by atoms with E-state index in [4.69, 9.17) is 0 Å². The zero-order chi connectivity index (χ0) is 15.4. The lowest BCUT2D eigenvalue weighted by Crippen LogP contribution is -2.49. The van der Waals surface area contributed by atoms with Crippen LogP contribution < -0.4 is 0 Å². The summed E-state index contributed by atoms with van der Waals surface area (Å²) in [4.78, 5) is 21.0. The molecule has 9 heteroatoms. The second-order valence-corrected chi connectivity index (χ2v) is 6.19. The van der Waals surface area contributed by atoms with Crippen LogP contribution in [-0.4, -0.2) is 67.1 Å². The maximum atomic E-state index is 12.2. The molecule has 0 radical (unpaired) electrons. The summed E-state index contributed by atoms with van der Waals surface area (Å²) >= 11 is 1.72. The number of rotatable bonds is 5. The molecule has 0 atom stereocenters. The summed E-state index contributed by atoms with van der Waals surface area (Å²) in [5.41, 5.74) is 1.13. The molecule has 0 aromatic carbocycles. The Hall–Kier alpha value is -1.87. The summed E-state index contributed by atoms with van der Waals surface area (Å²) in [6.07, 6.45) is 2.45. The van der Waals surface area contributed by atoms with E-state index in [-0.39, 0.29) is 12.5 Å². The number of carbonyl (C=O) groups excluding carboxylic acids is 1. The van der Waals surface area contributed by atoms with Crippen LogP contribution in [0.15, 0.2) is 11.7 Å². The van der Waals surface area contributed by atoms with E-state index < -0.39 is 0 Å². The van der Waals surface area contributed by atoms with E-state index in [0.717, 1.165) is 44.8 Å². The minimum absolute atomic E-state index is 0.0638. The molecular formula is C13H19N7OS. The Morgan fingerprint density at radius 3 is 2.77 bits per heavy atom. The van der Waals surface area contributed by atoms with Gasteiger partial charge >= 0.3 is 0 Å². The van der Waals surface area contributed by atoms with Crippen molar-refractivity contribution >= 4 is 17.2 Å². The summed E-state index contributed by atoms with van der Waals surface area (Å²) in [6.45, 7) is 6.43. The lowest BCUT2D eigenvalue weighted by Gasteiger charge is -2.34. The molecule has 1 amide bonds. The Kier molecular flexibility index (Phi) is 4.74. The first kappa shape index (κ1) is 15.0. The van der Waals surface area contributed by atoms with Crippen LogP contribution in [0.25, 0.3) is 0 Å². The van der Waals surface area contributed by atoms with Gasteiger partial charge in [0.25, 0.3) is 0 Å². The quantitative estimate of drug-likeness (QED) is 0.773. The molecule has 1 aliphatic heterocycles. The largest absolute Gasteiger partial charge is 0.339 e. The van der Waals surface area contributed by atoms with E-state index >= 15 is 0 Å². The zero-order valence-corrected chi connectivity index (χ0v) is 13.4. The Morgan fingerprint density at radius 2 is 2.14 bits per heavy atom. The predicted molar refractivity (Wildman–Crippen MR) is 81.2 cm³/mol. The van der Waals surface area contributed by atoms with E-state index in [1.165, 1.54) is 16.0 Å². The van der Waals surface area contributed by atoms with Crippen molar-refractivity contribution in [3.63, 3.8) is 0 Å². The highest BCUT2D eigenvalue weighted by Crippen LogP contribution is 2.13. The molecule has 22 heavy (non-hydrogen) atoms. The van der Waals surface area contributed by atoms with Gasteiger partial charge in [0.15, 0.2) is 0 Å². The number of aromatic nitrogens is 5. The van der Waals surface area contributed by atoms with Crippen molar-refractivity contribution in [1.82, 2.24) is 35.0 Å². The highest BCUT2D eigenvalue weighted by molar-refractivity contribution is 7.09. The van der Waals surface area contributed by atoms with Crippen molar-refractivity contribution in [2.75, 3.05) is 26.2 Å². The number of nitrogens with zero attached hydrogens (tertiary/aromatic N) is 7. The number of carbonyl (C=O) groups is 1. The standard InChI is InChI=1S/C13H19N7OS/c1-2-12-15-11(9-22-12)7-18-3-5-19(6-4-18)13(21)8-20-10-14-16-17-20/h9-10H,2-8H2,1H3. The Morgan fingerprint density at radius 1 is 1.32 bits per heavy atom. The molecule has 118 valence electrons. The fourth-order valence-electron chi connectivity index (χ4n) is 2.46. The van der Waals surface area contributed by atoms with Crippen LogP contribution in [0.5, 0.6) is 0 Å². The molecular weight excluding hydrogens is 302 g/mol. The lowest BCUT2D eigenvalue weighted by molar-refractivity contribution is -0.133. The second-order valence-electron chi connectivity index (χ2n) is 5.25. The Labute approximate surface area is 132 Å². The maximum absolute atomic E-state index is 12.2. The number of tetrazole rings is 1. The van der Waals surface area contributed by atoms with Gasteiger partial charge in [0.05, 0.1) is 10.7 Å². The van der Waals surface area contributed by atoms with Crippen molar-refractivity contribution in [1.29, 1.82) is 0 Å². The van der Waals surface area contributed by atoms with Crippen molar-refractivity contribution in [3.8, 4) is 0 Å². The number of hydrogen-bond donors (Lipinski definition) is 0. The first-order valence-corrected chi connectivity index (χ1v) is 8.26. The Balaban J connectivity index is 1.46. The zero-order valence-electron chi connectivity index (χ0n) is 12.6. The third-order valence-corrected chi connectivity index (χ3v) is 4.74. The molecule has 1 aliphatic rings. The first-order chi connectivity index (χ1) is 10.7. The molecule has 0 saturated carbocycles. The molecule has 0 unspecified atom stereocenters. The van der Waals surface area contributed by atoms with Crippen molar-refractivity contribution in [3.05, 3.63) is 22.4 Å². The van der Waals surface area contributed by atoms with Crippen LogP contribution in [0.4, 0.5) is 0 Å². The minimum Gasteiger partial charge on any atom is -0.339 e. The summed E-state index contributed by atoms with van der Waals surface area (Å²) in [6, 6.07) is 0. The summed E-state index contributed by atoms with van der Waals surface area (Å²) < 4.78 is 1.45. The Bertz CT molecular complexity index is 604. The number of aryl methyl sites for hydroxylation is 1. The number of piperazine rings is 1. The topological polar surface area (TPSA) is 80.0 Å². The molecule has 3 heterocycles. The van der Waals surface area contributed by atoms with E-state index in [9.17, 15) is 4.79 Å². The maximum Gasteiger partial charge on any atom is 0.244 e. The van der Waals surface area contributed by atoms with Crippen LogP contribution >= 0.6 is 11.3 Å². The van der Waals surface area contributed by atoms with Gasteiger partial charge < -0.3 is 4.90 Å². The highest BCUT2D eigenvalue weighted by atomic mass is 32.1. The molecule has 2 aromatic heterocycles. The minimum atomic E-state index is 0.0638. The van der Waals surface area contributed by atoms with Crippen molar-refractivity contribution < 1.29 is 4.79 Å². The molecule has 3 rings (SSSR count). The van der Waals surface area contributed by atoms with Gasteiger partial charge in [-0.2, -0.15) is 0 Å². The van der Waals surface area contributed by atoms with Crippen LogP contribution in [0.1, 0.15) is 17.6 Å². The SMILES string of the molecule is CCc1nc(CN2CCN(C(=O)Cn3cnnn3)CC2)cs1.